The highest BCUT2D eigenvalue weighted by molar-refractivity contribution is 5.95. The number of pyridine rings is 1. The lowest BCUT2D eigenvalue weighted by molar-refractivity contribution is 0.0601. The fourth-order valence-electron chi connectivity index (χ4n) is 3.25. The van der Waals surface area contributed by atoms with Crippen LogP contribution in [0.3, 0.4) is 0 Å². The largest absolute Gasteiger partial charge is 0.465 e. The molecule has 2 rings (SSSR count). The smallest absolute Gasteiger partial charge is 0.341 e. The summed E-state index contributed by atoms with van der Waals surface area (Å²) in [6.07, 6.45) is 6.46. The molecule has 1 aliphatic rings. The molecule has 2 atom stereocenters. The summed E-state index contributed by atoms with van der Waals surface area (Å²) < 4.78 is 4.91. The summed E-state index contributed by atoms with van der Waals surface area (Å²) in [4.78, 5) is 18.7. The molecular formula is C18H29N3O2. The van der Waals surface area contributed by atoms with Gasteiger partial charge in [0, 0.05) is 31.4 Å². The zero-order chi connectivity index (χ0) is 16.8. The molecule has 1 aliphatic heterocycles. The molecule has 5 nitrogen and oxygen atoms in total. The van der Waals surface area contributed by atoms with Crippen molar-refractivity contribution in [2.45, 2.75) is 58.5 Å². The summed E-state index contributed by atoms with van der Waals surface area (Å²) in [5.41, 5.74) is 1.53. The third kappa shape index (κ3) is 4.44. The highest BCUT2D eigenvalue weighted by atomic mass is 16.5. The van der Waals surface area contributed by atoms with Crippen molar-refractivity contribution in [1.29, 1.82) is 0 Å². The van der Waals surface area contributed by atoms with Gasteiger partial charge < -0.3 is 15.0 Å². The van der Waals surface area contributed by atoms with E-state index in [1.165, 1.54) is 20.0 Å². The van der Waals surface area contributed by atoms with E-state index in [4.69, 9.17) is 4.74 Å². The molecule has 0 radical (unpaired) electrons. The van der Waals surface area contributed by atoms with Gasteiger partial charge in [0.25, 0.3) is 0 Å². The first-order valence-corrected chi connectivity index (χ1v) is 8.64. The maximum atomic E-state index is 12.0. The number of hydrogen-bond donors (Lipinski definition) is 1. The molecule has 1 saturated heterocycles. The number of carbonyl (C=O) groups is 1. The number of ether oxygens (including phenoxy) is 1. The Bertz CT molecular complexity index is 533. The second kappa shape index (κ2) is 8.29. The van der Waals surface area contributed by atoms with Crippen molar-refractivity contribution in [3.63, 3.8) is 0 Å². The quantitative estimate of drug-likeness (QED) is 0.783. The topological polar surface area (TPSA) is 54.5 Å². The lowest BCUT2D eigenvalue weighted by atomic mass is 10.1. The van der Waals surface area contributed by atoms with Crippen LogP contribution < -0.4 is 10.2 Å². The van der Waals surface area contributed by atoms with Crippen LogP contribution in [0.5, 0.6) is 0 Å². The second-order valence-corrected chi connectivity index (χ2v) is 6.37. The molecule has 2 unspecified atom stereocenters. The van der Waals surface area contributed by atoms with E-state index in [0.29, 0.717) is 17.6 Å². The van der Waals surface area contributed by atoms with Crippen molar-refractivity contribution >= 4 is 11.8 Å². The van der Waals surface area contributed by atoms with Gasteiger partial charge in [-0.25, -0.2) is 9.78 Å². The fourth-order valence-corrected chi connectivity index (χ4v) is 3.25. The van der Waals surface area contributed by atoms with E-state index in [1.807, 2.05) is 19.2 Å². The van der Waals surface area contributed by atoms with Gasteiger partial charge in [0.05, 0.1) is 7.11 Å². The number of hydrogen-bond acceptors (Lipinski definition) is 5. The number of nitrogens with one attached hydrogen (secondary N) is 1. The van der Waals surface area contributed by atoms with Gasteiger partial charge in [0.15, 0.2) is 0 Å². The van der Waals surface area contributed by atoms with Crippen LogP contribution in [-0.4, -0.2) is 43.2 Å². The number of methoxy groups -OCH3 is 1. The van der Waals surface area contributed by atoms with E-state index in [2.05, 4.69) is 29.0 Å². The molecule has 0 aromatic carbocycles. The van der Waals surface area contributed by atoms with Gasteiger partial charge in [-0.3, -0.25) is 0 Å². The third-order valence-corrected chi connectivity index (χ3v) is 4.50. The molecule has 1 aromatic heterocycles. The first-order chi connectivity index (χ1) is 11.1. The van der Waals surface area contributed by atoms with Crippen molar-refractivity contribution in [3.05, 3.63) is 23.4 Å². The van der Waals surface area contributed by atoms with Gasteiger partial charge in [-0.2, -0.15) is 0 Å². The Balaban J connectivity index is 2.08. The monoisotopic (exact) mass is 319 g/mol. The maximum Gasteiger partial charge on any atom is 0.341 e. The first-order valence-electron chi connectivity index (χ1n) is 8.64. The van der Waals surface area contributed by atoms with Crippen LogP contribution in [0, 0.1) is 6.92 Å². The number of nitrogens with zero attached hydrogens (tertiary/aromatic N) is 2. The van der Waals surface area contributed by atoms with E-state index < -0.39 is 0 Å². The Kier molecular flexibility index (Phi) is 6.39. The van der Waals surface area contributed by atoms with E-state index in [1.54, 1.807) is 0 Å². The molecule has 1 aromatic rings. The van der Waals surface area contributed by atoms with E-state index in [0.717, 1.165) is 37.3 Å². The number of rotatable bonds is 7. The van der Waals surface area contributed by atoms with Crippen LogP contribution in [-0.2, 0) is 4.74 Å². The van der Waals surface area contributed by atoms with E-state index in [9.17, 15) is 4.79 Å². The van der Waals surface area contributed by atoms with Crippen LogP contribution in [0.1, 0.15) is 55.5 Å². The molecule has 2 heterocycles. The van der Waals surface area contributed by atoms with Gasteiger partial charge >= 0.3 is 5.97 Å². The van der Waals surface area contributed by atoms with Gasteiger partial charge in [-0.15, -0.1) is 0 Å². The summed E-state index contributed by atoms with van der Waals surface area (Å²) in [6.45, 7) is 8.20. The normalized spacial score (nSPS) is 19.0. The van der Waals surface area contributed by atoms with Crippen LogP contribution in [0.25, 0.3) is 0 Å². The standard InChI is InChI=1S/C18H29N3O2/c1-5-7-14(6-2)20-15-8-9-21(12-15)17-16(18(22)23-4)10-13(3)11-19-17/h10-11,14-15,20H,5-9,12H2,1-4H3. The zero-order valence-electron chi connectivity index (χ0n) is 14.8. The molecule has 128 valence electrons. The Hall–Kier alpha value is -1.62. The van der Waals surface area contributed by atoms with Crippen LogP contribution in [0.2, 0.25) is 0 Å². The molecular weight excluding hydrogens is 290 g/mol. The Morgan fingerprint density at radius 3 is 2.96 bits per heavy atom. The Labute approximate surface area is 139 Å². The van der Waals surface area contributed by atoms with Crippen molar-refractivity contribution < 1.29 is 9.53 Å². The summed E-state index contributed by atoms with van der Waals surface area (Å²) >= 11 is 0. The lowest BCUT2D eigenvalue weighted by Gasteiger charge is -2.23. The minimum absolute atomic E-state index is 0.315. The average molecular weight is 319 g/mol. The zero-order valence-corrected chi connectivity index (χ0v) is 14.8. The van der Waals surface area contributed by atoms with E-state index in [-0.39, 0.29) is 5.97 Å². The number of anilines is 1. The van der Waals surface area contributed by atoms with Crippen LogP contribution in [0.4, 0.5) is 5.82 Å². The molecule has 23 heavy (non-hydrogen) atoms. The summed E-state index contributed by atoms with van der Waals surface area (Å²) in [5.74, 6) is 0.431. The van der Waals surface area contributed by atoms with Gasteiger partial charge in [0.1, 0.15) is 11.4 Å². The second-order valence-electron chi connectivity index (χ2n) is 6.37. The minimum Gasteiger partial charge on any atom is -0.465 e. The molecule has 0 amide bonds. The number of aromatic nitrogens is 1. The van der Waals surface area contributed by atoms with Crippen molar-refractivity contribution in [1.82, 2.24) is 10.3 Å². The van der Waals surface area contributed by atoms with Gasteiger partial charge in [-0.05, 0) is 37.8 Å². The first kappa shape index (κ1) is 17.7. The number of carbonyl (C=O) groups excluding carboxylic acids is 1. The predicted octanol–water partition coefficient (Wildman–Crippen LogP) is 2.92. The lowest BCUT2D eigenvalue weighted by Crippen LogP contribution is -2.40. The van der Waals surface area contributed by atoms with Crippen molar-refractivity contribution in [3.8, 4) is 0 Å². The number of aryl methyl sites for hydroxylation is 1. The third-order valence-electron chi connectivity index (χ3n) is 4.50. The summed E-state index contributed by atoms with van der Waals surface area (Å²) in [6, 6.07) is 2.90. The molecule has 1 fully saturated rings. The molecule has 5 heteroatoms. The van der Waals surface area contributed by atoms with Gasteiger partial charge in [-0.1, -0.05) is 20.3 Å². The minimum atomic E-state index is -0.315. The predicted molar refractivity (Wildman–Crippen MR) is 93.1 cm³/mol. The number of esters is 1. The SMILES string of the molecule is CCCC(CC)NC1CCN(c2ncc(C)cc2C(=O)OC)C1. The summed E-state index contributed by atoms with van der Waals surface area (Å²) in [5, 5.41) is 3.75. The molecule has 0 bridgehead atoms. The maximum absolute atomic E-state index is 12.0. The molecule has 0 saturated carbocycles. The Morgan fingerprint density at radius 2 is 2.30 bits per heavy atom. The van der Waals surface area contributed by atoms with Crippen molar-refractivity contribution in [2.75, 3.05) is 25.1 Å². The van der Waals surface area contributed by atoms with E-state index >= 15 is 0 Å². The van der Waals surface area contributed by atoms with Crippen molar-refractivity contribution in [2.24, 2.45) is 0 Å². The molecule has 0 spiro atoms. The molecule has 1 N–H and O–H groups in total. The highest BCUT2D eigenvalue weighted by Gasteiger charge is 2.28. The fraction of sp³-hybridized carbons (Fsp3) is 0.667. The highest BCUT2D eigenvalue weighted by Crippen LogP contribution is 2.24. The Morgan fingerprint density at radius 1 is 1.52 bits per heavy atom. The average Bonchev–Trinajstić information content (AvgIpc) is 3.01. The summed E-state index contributed by atoms with van der Waals surface area (Å²) in [7, 11) is 1.42. The van der Waals surface area contributed by atoms with Gasteiger partial charge in [0.2, 0.25) is 0 Å². The molecule has 0 aliphatic carbocycles. The van der Waals surface area contributed by atoms with Crippen LogP contribution >= 0.6 is 0 Å². The van der Waals surface area contributed by atoms with Crippen LogP contribution in [0.15, 0.2) is 12.3 Å².